The molecule has 0 aliphatic heterocycles. The van der Waals surface area contributed by atoms with Crippen LogP contribution in [0.1, 0.15) is 15.9 Å². The Bertz CT molecular complexity index is 764. The molecule has 0 unspecified atom stereocenters. The second kappa shape index (κ2) is 5.26. The normalized spacial score (nSPS) is 11.7. The quantitative estimate of drug-likeness (QED) is 0.741. The van der Waals surface area contributed by atoms with E-state index in [0.717, 1.165) is 11.1 Å². The highest BCUT2D eigenvalue weighted by atomic mass is 16.5. The Morgan fingerprint density at radius 2 is 1.45 bits per heavy atom. The van der Waals surface area contributed by atoms with Crippen molar-refractivity contribution in [3.05, 3.63) is 35.4 Å². The molecule has 3 rings (SSSR count). The van der Waals surface area contributed by atoms with Crippen molar-refractivity contribution >= 4 is 5.78 Å². The number of methoxy groups -OCH3 is 4. The topological polar surface area (TPSA) is 54.0 Å². The van der Waals surface area contributed by atoms with Crippen LogP contribution in [0.2, 0.25) is 0 Å². The summed E-state index contributed by atoms with van der Waals surface area (Å²) in [5.74, 6) is 1.85. The summed E-state index contributed by atoms with van der Waals surface area (Å²) in [6, 6.07) is 7.22. The minimum Gasteiger partial charge on any atom is -0.497 e. The van der Waals surface area contributed by atoms with Crippen molar-refractivity contribution in [2.45, 2.75) is 0 Å². The maximum Gasteiger partial charge on any atom is 0.204 e. The van der Waals surface area contributed by atoms with E-state index in [0.29, 0.717) is 34.1 Å². The third kappa shape index (κ3) is 1.82. The van der Waals surface area contributed by atoms with E-state index < -0.39 is 0 Å². The SMILES string of the molecule is COc1ccc2c(c1)C(=O)c1c-2cc(OC)c(OC)c1OC. The van der Waals surface area contributed by atoms with Crippen molar-refractivity contribution in [2.75, 3.05) is 28.4 Å². The molecule has 0 spiro atoms. The van der Waals surface area contributed by atoms with Crippen LogP contribution in [0.15, 0.2) is 24.3 Å². The van der Waals surface area contributed by atoms with Gasteiger partial charge in [0.05, 0.1) is 34.0 Å². The molecule has 2 aromatic rings. The fraction of sp³-hybridized carbons (Fsp3) is 0.235. The molecule has 114 valence electrons. The lowest BCUT2D eigenvalue weighted by molar-refractivity contribution is 0.103. The van der Waals surface area contributed by atoms with Crippen molar-refractivity contribution < 1.29 is 23.7 Å². The van der Waals surface area contributed by atoms with Gasteiger partial charge >= 0.3 is 0 Å². The van der Waals surface area contributed by atoms with Gasteiger partial charge in [-0.1, -0.05) is 0 Å². The monoisotopic (exact) mass is 300 g/mol. The van der Waals surface area contributed by atoms with Crippen LogP contribution in [0.25, 0.3) is 11.1 Å². The number of ether oxygens (including phenoxy) is 4. The summed E-state index contributed by atoms with van der Waals surface area (Å²) in [7, 11) is 6.15. The molecule has 0 fully saturated rings. The number of ketones is 1. The van der Waals surface area contributed by atoms with Gasteiger partial charge in [-0.05, 0) is 29.8 Å². The molecule has 2 aromatic carbocycles. The van der Waals surface area contributed by atoms with Crippen LogP contribution in [-0.2, 0) is 0 Å². The first-order valence-corrected chi connectivity index (χ1v) is 6.72. The zero-order valence-electron chi connectivity index (χ0n) is 12.9. The van der Waals surface area contributed by atoms with E-state index in [2.05, 4.69) is 0 Å². The molecule has 0 amide bonds. The maximum atomic E-state index is 12.8. The third-order valence-electron chi connectivity index (χ3n) is 3.82. The molecule has 0 radical (unpaired) electrons. The molecule has 22 heavy (non-hydrogen) atoms. The van der Waals surface area contributed by atoms with Crippen LogP contribution in [-0.4, -0.2) is 34.2 Å². The van der Waals surface area contributed by atoms with Crippen molar-refractivity contribution in [3.8, 4) is 34.1 Å². The Morgan fingerprint density at radius 1 is 0.727 bits per heavy atom. The standard InChI is InChI=1S/C17H16O5/c1-19-9-5-6-10-11-8-13(20-2)16(21-3)17(22-4)14(11)15(18)12(10)7-9/h5-8H,1-4H3. The van der Waals surface area contributed by atoms with Gasteiger partial charge in [-0.15, -0.1) is 0 Å². The zero-order valence-corrected chi connectivity index (χ0v) is 12.9. The molecule has 5 heteroatoms. The van der Waals surface area contributed by atoms with Gasteiger partial charge in [-0.2, -0.15) is 0 Å². The molecule has 0 aromatic heterocycles. The first kappa shape index (κ1) is 14.3. The van der Waals surface area contributed by atoms with Crippen molar-refractivity contribution in [2.24, 2.45) is 0 Å². The van der Waals surface area contributed by atoms with Gasteiger partial charge in [0.1, 0.15) is 5.75 Å². The number of benzene rings is 2. The molecule has 0 N–H and O–H groups in total. The number of rotatable bonds is 4. The Labute approximate surface area is 128 Å². The summed E-state index contributed by atoms with van der Waals surface area (Å²) in [5, 5.41) is 0. The molecule has 1 aliphatic carbocycles. The van der Waals surface area contributed by atoms with Crippen LogP contribution < -0.4 is 18.9 Å². The number of carbonyl (C=O) groups is 1. The molecule has 1 aliphatic rings. The van der Waals surface area contributed by atoms with E-state index in [9.17, 15) is 4.79 Å². The highest BCUT2D eigenvalue weighted by molar-refractivity contribution is 6.24. The lowest BCUT2D eigenvalue weighted by Gasteiger charge is -2.15. The third-order valence-corrected chi connectivity index (χ3v) is 3.82. The summed E-state index contributed by atoms with van der Waals surface area (Å²) in [6.07, 6.45) is 0. The fourth-order valence-electron chi connectivity index (χ4n) is 2.80. The average molecular weight is 300 g/mol. The number of fused-ring (bicyclic) bond motifs is 3. The summed E-state index contributed by atoms with van der Waals surface area (Å²) < 4.78 is 21.3. The van der Waals surface area contributed by atoms with Crippen molar-refractivity contribution in [1.82, 2.24) is 0 Å². The van der Waals surface area contributed by atoms with E-state index in [-0.39, 0.29) is 5.78 Å². The lowest BCUT2D eigenvalue weighted by Crippen LogP contribution is -2.03. The van der Waals surface area contributed by atoms with Crippen LogP contribution in [0.5, 0.6) is 23.0 Å². The Morgan fingerprint density at radius 3 is 2.05 bits per heavy atom. The molecular formula is C17H16O5. The van der Waals surface area contributed by atoms with E-state index in [1.54, 1.807) is 26.4 Å². The van der Waals surface area contributed by atoms with E-state index >= 15 is 0 Å². The van der Waals surface area contributed by atoms with E-state index in [4.69, 9.17) is 18.9 Å². The van der Waals surface area contributed by atoms with Gasteiger partial charge in [0.2, 0.25) is 5.75 Å². The van der Waals surface area contributed by atoms with E-state index in [1.165, 1.54) is 14.2 Å². The van der Waals surface area contributed by atoms with Crippen LogP contribution in [0, 0.1) is 0 Å². The Balaban J connectivity index is 2.32. The summed E-state index contributed by atoms with van der Waals surface area (Å²) in [4.78, 5) is 12.8. The van der Waals surface area contributed by atoms with Gasteiger partial charge in [-0.3, -0.25) is 4.79 Å². The smallest absolute Gasteiger partial charge is 0.204 e. The summed E-state index contributed by atoms with van der Waals surface area (Å²) >= 11 is 0. The Hall–Kier alpha value is -2.69. The van der Waals surface area contributed by atoms with Gasteiger partial charge in [0.15, 0.2) is 17.3 Å². The highest BCUT2D eigenvalue weighted by Gasteiger charge is 2.34. The van der Waals surface area contributed by atoms with E-state index in [1.807, 2.05) is 12.1 Å². The zero-order chi connectivity index (χ0) is 15.9. The number of hydrogen-bond donors (Lipinski definition) is 0. The number of hydrogen-bond acceptors (Lipinski definition) is 5. The lowest BCUT2D eigenvalue weighted by atomic mass is 10.0. The fourth-order valence-corrected chi connectivity index (χ4v) is 2.80. The van der Waals surface area contributed by atoms with Crippen LogP contribution >= 0.6 is 0 Å². The predicted molar refractivity (Wildman–Crippen MR) is 81.5 cm³/mol. The van der Waals surface area contributed by atoms with Gasteiger partial charge in [0.25, 0.3) is 0 Å². The first-order valence-electron chi connectivity index (χ1n) is 6.72. The minimum atomic E-state index is -0.110. The molecular weight excluding hydrogens is 284 g/mol. The molecule has 0 bridgehead atoms. The second-order valence-electron chi connectivity index (χ2n) is 4.81. The highest BCUT2D eigenvalue weighted by Crippen LogP contribution is 2.50. The first-order chi connectivity index (χ1) is 10.7. The van der Waals surface area contributed by atoms with Crippen molar-refractivity contribution in [1.29, 1.82) is 0 Å². The molecule has 0 saturated carbocycles. The molecule has 0 heterocycles. The molecule has 0 saturated heterocycles. The summed E-state index contributed by atoms with van der Waals surface area (Å²) in [6.45, 7) is 0. The second-order valence-corrected chi connectivity index (χ2v) is 4.81. The van der Waals surface area contributed by atoms with Gasteiger partial charge in [0, 0.05) is 11.1 Å². The average Bonchev–Trinajstić information content (AvgIpc) is 2.84. The predicted octanol–water partition coefficient (Wildman–Crippen LogP) is 2.93. The van der Waals surface area contributed by atoms with Crippen molar-refractivity contribution in [3.63, 3.8) is 0 Å². The van der Waals surface area contributed by atoms with Crippen LogP contribution in [0.4, 0.5) is 0 Å². The molecule has 0 atom stereocenters. The summed E-state index contributed by atoms with van der Waals surface area (Å²) in [5.41, 5.74) is 2.68. The van der Waals surface area contributed by atoms with Crippen LogP contribution in [0.3, 0.4) is 0 Å². The Kier molecular flexibility index (Phi) is 3.41. The molecule has 5 nitrogen and oxygen atoms in total. The van der Waals surface area contributed by atoms with Gasteiger partial charge < -0.3 is 18.9 Å². The minimum absolute atomic E-state index is 0.110. The van der Waals surface area contributed by atoms with Gasteiger partial charge in [-0.25, -0.2) is 0 Å². The number of carbonyl (C=O) groups excluding carboxylic acids is 1. The largest absolute Gasteiger partial charge is 0.497 e. The maximum absolute atomic E-state index is 12.8.